The quantitative estimate of drug-likeness (QED) is 0.828. The zero-order valence-electron chi connectivity index (χ0n) is 11.1. The molecule has 0 aliphatic carbocycles. The first-order valence-corrected chi connectivity index (χ1v) is 7.07. The van der Waals surface area contributed by atoms with Crippen LogP contribution in [0.2, 0.25) is 10.0 Å². The summed E-state index contributed by atoms with van der Waals surface area (Å²) < 4.78 is 0. The van der Waals surface area contributed by atoms with Gasteiger partial charge in [0, 0.05) is 28.7 Å². The molecule has 0 saturated heterocycles. The second-order valence-electron chi connectivity index (χ2n) is 4.74. The lowest BCUT2D eigenvalue weighted by Gasteiger charge is -2.26. The number of hydrogen-bond donors (Lipinski definition) is 2. The third kappa shape index (κ3) is 4.13. The Morgan fingerprint density at radius 1 is 1.28 bits per heavy atom. The van der Waals surface area contributed by atoms with Crippen molar-refractivity contribution in [2.45, 2.75) is 39.3 Å². The summed E-state index contributed by atoms with van der Waals surface area (Å²) in [4.78, 5) is 0. The Hall–Kier alpha value is -0.280. The van der Waals surface area contributed by atoms with E-state index in [1.54, 1.807) is 6.07 Å². The molecule has 3 atom stereocenters. The van der Waals surface area contributed by atoms with Crippen molar-refractivity contribution < 1.29 is 5.11 Å². The molecule has 0 amide bonds. The normalized spacial score (nSPS) is 16.3. The number of nitrogens with one attached hydrogen (secondary N) is 1. The zero-order valence-corrected chi connectivity index (χ0v) is 12.6. The van der Waals surface area contributed by atoms with Crippen LogP contribution >= 0.6 is 23.2 Å². The van der Waals surface area contributed by atoms with E-state index in [0.29, 0.717) is 10.0 Å². The Balaban J connectivity index is 2.83. The first kappa shape index (κ1) is 15.8. The fourth-order valence-corrected chi connectivity index (χ4v) is 2.39. The van der Waals surface area contributed by atoms with Gasteiger partial charge < -0.3 is 10.4 Å². The maximum atomic E-state index is 9.17. The van der Waals surface area contributed by atoms with Gasteiger partial charge in [0.15, 0.2) is 0 Å². The molecule has 0 aliphatic rings. The van der Waals surface area contributed by atoms with E-state index < -0.39 is 0 Å². The monoisotopic (exact) mass is 289 g/mol. The summed E-state index contributed by atoms with van der Waals surface area (Å²) in [6, 6.07) is 5.99. The van der Waals surface area contributed by atoms with Gasteiger partial charge in [0.1, 0.15) is 0 Å². The largest absolute Gasteiger partial charge is 0.396 e. The first-order chi connectivity index (χ1) is 8.49. The van der Waals surface area contributed by atoms with Crippen molar-refractivity contribution in [3.8, 4) is 0 Å². The standard InChI is InChI=1S/C14H21Cl2NO/c1-4-14(17-10(3)9(2)8-18)12-6-5-11(15)7-13(12)16/h5-7,9-10,14,17-18H,4,8H2,1-3H3. The predicted molar refractivity (Wildman–Crippen MR) is 78.3 cm³/mol. The van der Waals surface area contributed by atoms with E-state index >= 15 is 0 Å². The topological polar surface area (TPSA) is 32.3 Å². The Kier molecular flexibility index (Phi) is 6.44. The molecule has 4 heteroatoms. The van der Waals surface area contributed by atoms with Crippen molar-refractivity contribution in [3.05, 3.63) is 33.8 Å². The molecular formula is C14H21Cl2NO. The Bertz CT molecular complexity index is 384. The van der Waals surface area contributed by atoms with Gasteiger partial charge in [-0.3, -0.25) is 0 Å². The van der Waals surface area contributed by atoms with Crippen molar-refractivity contribution in [3.63, 3.8) is 0 Å². The van der Waals surface area contributed by atoms with Crippen LogP contribution in [0.3, 0.4) is 0 Å². The highest BCUT2D eigenvalue weighted by Gasteiger charge is 2.18. The van der Waals surface area contributed by atoms with E-state index in [-0.39, 0.29) is 24.6 Å². The van der Waals surface area contributed by atoms with Crippen LogP contribution in [-0.2, 0) is 0 Å². The molecule has 0 spiro atoms. The van der Waals surface area contributed by atoms with Crippen LogP contribution in [0.25, 0.3) is 0 Å². The van der Waals surface area contributed by atoms with Gasteiger partial charge >= 0.3 is 0 Å². The second kappa shape index (κ2) is 7.34. The van der Waals surface area contributed by atoms with Crippen molar-refractivity contribution in [2.75, 3.05) is 6.61 Å². The molecule has 0 aliphatic heterocycles. The molecule has 1 aromatic rings. The summed E-state index contributed by atoms with van der Waals surface area (Å²) in [7, 11) is 0. The van der Waals surface area contributed by atoms with Crippen LogP contribution in [-0.4, -0.2) is 17.8 Å². The molecule has 2 nitrogen and oxygen atoms in total. The van der Waals surface area contributed by atoms with Crippen molar-refractivity contribution in [2.24, 2.45) is 5.92 Å². The van der Waals surface area contributed by atoms with Crippen molar-refractivity contribution in [1.29, 1.82) is 0 Å². The van der Waals surface area contributed by atoms with E-state index in [2.05, 4.69) is 19.2 Å². The minimum Gasteiger partial charge on any atom is -0.396 e. The molecule has 1 aromatic carbocycles. The molecule has 1 rings (SSSR count). The fourth-order valence-electron chi connectivity index (χ4n) is 1.85. The Morgan fingerprint density at radius 3 is 2.44 bits per heavy atom. The molecule has 0 aromatic heterocycles. The lowest BCUT2D eigenvalue weighted by Crippen LogP contribution is -2.36. The summed E-state index contributed by atoms with van der Waals surface area (Å²) in [6.07, 6.45) is 0.934. The van der Waals surface area contributed by atoms with Crippen LogP contribution in [0.4, 0.5) is 0 Å². The van der Waals surface area contributed by atoms with Gasteiger partial charge in [0.05, 0.1) is 0 Å². The first-order valence-electron chi connectivity index (χ1n) is 6.31. The van der Waals surface area contributed by atoms with Gasteiger partial charge in [-0.25, -0.2) is 0 Å². The van der Waals surface area contributed by atoms with E-state index in [1.807, 2.05) is 19.1 Å². The highest BCUT2D eigenvalue weighted by Crippen LogP contribution is 2.28. The minimum atomic E-state index is 0.179. The van der Waals surface area contributed by atoms with Crippen LogP contribution < -0.4 is 5.32 Å². The minimum absolute atomic E-state index is 0.179. The van der Waals surface area contributed by atoms with Crippen LogP contribution in [0.5, 0.6) is 0 Å². The number of hydrogen-bond acceptors (Lipinski definition) is 2. The van der Waals surface area contributed by atoms with Gasteiger partial charge in [-0.15, -0.1) is 0 Å². The average molecular weight is 290 g/mol. The molecule has 2 N–H and O–H groups in total. The lowest BCUT2D eigenvalue weighted by molar-refractivity contribution is 0.200. The lowest BCUT2D eigenvalue weighted by atomic mass is 9.99. The fraction of sp³-hybridized carbons (Fsp3) is 0.571. The molecule has 0 fully saturated rings. The highest BCUT2D eigenvalue weighted by atomic mass is 35.5. The number of aliphatic hydroxyl groups is 1. The van der Waals surface area contributed by atoms with Crippen LogP contribution in [0.1, 0.15) is 38.8 Å². The molecule has 0 heterocycles. The Labute approximate surface area is 119 Å². The number of aliphatic hydroxyl groups excluding tert-OH is 1. The molecule has 0 radical (unpaired) electrons. The zero-order chi connectivity index (χ0) is 13.7. The molecular weight excluding hydrogens is 269 g/mol. The maximum absolute atomic E-state index is 9.17. The predicted octanol–water partition coefficient (Wildman–Crippen LogP) is 4.05. The van der Waals surface area contributed by atoms with Crippen LogP contribution in [0, 0.1) is 5.92 Å². The SMILES string of the molecule is CCC(NC(C)C(C)CO)c1ccc(Cl)cc1Cl. The van der Waals surface area contributed by atoms with Gasteiger partial charge in [-0.2, -0.15) is 0 Å². The molecule has 0 saturated carbocycles. The Morgan fingerprint density at radius 2 is 1.94 bits per heavy atom. The third-order valence-corrected chi connectivity index (χ3v) is 3.91. The summed E-state index contributed by atoms with van der Waals surface area (Å²) in [6.45, 7) is 6.39. The highest BCUT2D eigenvalue weighted by molar-refractivity contribution is 6.35. The summed E-state index contributed by atoms with van der Waals surface area (Å²) in [5.74, 6) is 0.213. The van der Waals surface area contributed by atoms with E-state index in [1.165, 1.54) is 0 Å². The smallest absolute Gasteiger partial charge is 0.0471 e. The number of benzene rings is 1. The molecule has 18 heavy (non-hydrogen) atoms. The summed E-state index contributed by atoms with van der Waals surface area (Å²) in [5.41, 5.74) is 1.06. The second-order valence-corrected chi connectivity index (χ2v) is 5.59. The van der Waals surface area contributed by atoms with E-state index in [0.717, 1.165) is 12.0 Å². The van der Waals surface area contributed by atoms with Crippen LogP contribution in [0.15, 0.2) is 18.2 Å². The van der Waals surface area contributed by atoms with E-state index in [9.17, 15) is 0 Å². The molecule has 3 unspecified atom stereocenters. The van der Waals surface area contributed by atoms with Gasteiger partial charge in [-0.05, 0) is 37.0 Å². The number of rotatable bonds is 6. The van der Waals surface area contributed by atoms with Crippen molar-refractivity contribution >= 4 is 23.2 Å². The number of halogens is 2. The average Bonchev–Trinajstić information content (AvgIpc) is 2.35. The molecule has 0 bridgehead atoms. The third-order valence-electron chi connectivity index (χ3n) is 3.35. The van der Waals surface area contributed by atoms with E-state index in [4.69, 9.17) is 28.3 Å². The van der Waals surface area contributed by atoms with Gasteiger partial charge in [0.25, 0.3) is 0 Å². The maximum Gasteiger partial charge on any atom is 0.0471 e. The molecule has 102 valence electrons. The summed E-state index contributed by atoms with van der Waals surface area (Å²) >= 11 is 12.1. The van der Waals surface area contributed by atoms with Crippen molar-refractivity contribution in [1.82, 2.24) is 5.32 Å². The van der Waals surface area contributed by atoms with Gasteiger partial charge in [-0.1, -0.05) is 43.1 Å². The summed E-state index contributed by atoms with van der Waals surface area (Å²) in [5, 5.41) is 14.0. The van der Waals surface area contributed by atoms with Gasteiger partial charge in [0.2, 0.25) is 0 Å².